The Morgan fingerprint density at radius 2 is 1.62 bits per heavy atom. The highest BCUT2D eigenvalue weighted by atomic mass is 35.5. The predicted molar refractivity (Wildman–Crippen MR) is 156 cm³/mol. The summed E-state index contributed by atoms with van der Waals surface area (Å²) in [6.45, 7) is 1.23. The second-order valence-electron chi connectivity index (χ2n) is 9.81. The zero-order valence-corrected chi connectivity index (χ0v) is 24.2. The molecule has 0 heterocycles. The Bertz CT molecular complexity index is 1410. The number of nitrogens with one attached hydrogen (secondary N) is 1. The number of ether oxygens (including phenoxy) is 1. The van der Waals surface area contributed by atoms with E-state index >= 15 is 0 Å². The number of benzene rings is 3. The number of nitrogens with zero attached hydrogens (tertiary/aromatic N) is 2. The third-order valence-electron chi connectivity index (χ3n) is 7.08. The second kappa shape index (κ2) is 13.2. The maximum atomic E-state index is 14.0. The summed E-state index contributed by atoms with van der Waals surface area (Å²) >= 11 is 6.27. The number of halogens is 1. The standard InChI is InChI=1S/C30H34ClN3O5S/c1-22(30(36)32-25-13-9-10-14-25)33(20-23-11-5-3-6-12-23)29(35)21-34(27-19-24(31)17-18-28(27)39-2)40(37,38)26-15-7-4-8-16-26/h3-8,11-12,15-19,22,25H,9-10,13-14,20-21H2,1-2H3,(H,32,36)/t22-/m1/s1. The quantitative estimate of drug-likeness (QED) is 0.342. The number of hydrogen-bond acceptors (Lipinski definition) is 5. The van der Waals surface area contributed by atoms with E-state index < -0.39 is 28.5 Å². The normalized spacial score (nSPS) is 14.4. The largest absolute Gasteiger partial charge is 0.495 e. The SMILES string of the molecule is COc1ccc(Cl)cc1N(CC(=O)N(Cc1ccccc1)[C@H](C)C(=O)NC1CCCC1)S(=O)(=O)c1ccccc1. The van der Waals surface area contributed by atoms with Gasteiger partial charge in [-0.05, 0) is 55.7 Å². The molecule has 0 radical (unpaired) electrons. The third-order valence-corrected chi connectivity index (χ3v) is 9.09. The molecule has 2 amide bonds. The summed E-state index contributed by atoms with van der Waals surface area (Å²) in [4.78, 5) is 28.7. The summed E-state index contributed by atoms with van der Waals surface area (Å²) in [7, 11) is -2.81. The van der Waals surface area contributed by atoms with Gasteiger partial charge in [-0.3, -0.25) is 13.9 Å². The summed E-state index contributed by atoms with van der Waals surface area (Å²) < 4.78 is 34.3. The number of hydrogen-bond donors (Lipinski definition) is 1. The Morgan fingerprint density at radius 1 is 1.00 bits per heavy atom. The van der Waals surface area contributed by atoms with Crippen molar-refractivity contribution in [2.45, 2.75) is 56.1 Å². The van der Waals surface area contributed by atoms with Crippen molar-refractivity contribution in [3.05, 3.63) is 89.4 Å². The van der Waals surface area contributed by atoms with Crippen molar-refractivity contribution in [3.63, 3.8) is 0 Å². The molecule has 3 aromatic rings. The minimum atomic E-state index is -4.22. The smallest absolute Gasteiger partial charge is 0.264 e. The lowest BCUT2D eigenvalue weighted by Crippen LogP contribution is -2.52. The molecule has 1 atom stereocenters. The average molecular weight is 584 g/mol. The molecule has 1 aliphatic rings. The molecule has 1 aliphatic carbocycles. The van der Waals surface area contributed by atoms with Gasteiger partial charge in [0.15, 0.2) is 0 Å². The number of amides is 2. The van der Waals surface area contributed by atoms with Crippen LogP contribution >= 0.6 is 11.6 Å². The minimum Gasteiger partial charge on any atom is -0.495 e. The van der Waals surface area contributed by atoms with Crippen LogP contribution in [0.15, 0.2) is 83.8 Å². The van der Waals surface area contributed by atoms with Gasteiger partial charge in [-0.2, -0.15) is 0 Å². The van der Waals surface area contributed by atoms with Crippen LogP contribution in [0.3, 0.4) is 0 Å². The van der Waals surface area contributed by atoms with Crippen LogP contribution in [0.1, 0.15) is 38.2 Å². The Kier molecular flexibility index (Phi) is 9.71. The van der Waals surface area contributed by atoms with Gasteiger partial charge in [-0.25, -0.2) is 8.42 Å². The molecular formula is C30H34ClN3O5S. The molecule has 0 aromatic heterocycles. The molecule has 3 aromatic carbocycles. The summed E-state index contributed by atoms with van der Waals surface area (Å²) in [5.74, 6) is -0.577. The summed E-state index contributed by atoms with van der Waals surface area (Å²) in [5.41, 5.74) is 0.934. The van der Waals surface area contributed by atoms with Gasteiger partial charge >= 0.3 is 0 Å². The topological polar surface area (TPSA) is 96.0 Å². The molecule has 40 heavy (non-hydrogen) atoms. The first-order chi connectivity index (χ1) is 19.2. The first kappa shape index (κ1) is 29.4. The van der Waals surface area contributed by atoms with Crippen molar-refractivity contribution >= 4 is 39.1 Å². The fraction of sp³-hybridized carbons (Fsp3) is 0.333. The summed E-state index contributed by atoms with van der Waals surface area (Å²) in [5, 5.41) is 3.34. The minimum absolute atomic E-state index is 0.00598. The van der Waals surface area contributed by atoms with E-state index in [1.165, 1.54) is 30.2 Å². The van der Waals surface area contributed by atoms with Crippen molar-refractivity contribution < 1.29 is 22.7 Å². The Labute approximate surface area is 240 Å². The van der Waals surface area contributed by atoms with Gasteiger partial charge in [0.2, 0.25) is 11.8 Å². The van der Waals surface area contributed by atoms with Gasteiger partial charge in [0.25, 0.3) is 10.0 Å². The van der Waals surface area contributed by atoms with E-state index in [-0.39, 0.29) is 39.8 Å². The molecule has 0 spiro atoms. The van der Waals surface area contributed by atoms with E-state index in [0.29, 0.717) is 0 Å². The molecule has 0 aliphatic heterocycles. The zero-order chi connectivity index (χ0) is 28.7. The first-order valence-corrected chi connectivity index (χ1v) is 15.1. The van der Waals surface area contributed by atoms with E-state index in [4.69, 9.17) is 16.3 Å². The van der Waals surface area contributed by atoms with Crippen molar-refractivity contribution in [3.8, 4) is 5.75 Å². The number of sulfonamides is 1. The van der Waals surface area contributed by atoms with Crippen LogP contribution < -0.4 is 14.4 Å². The van der Waals surface area contributed by atoms with E-state index in [2.05, 4.69) is 5.32 Å². The molecule has 212 valence electrons. The number of methoxy groups -OCH3 is 1. The van der Waals surface area contributed by atoms with Gasteiger partial charge < -0.3 is 15.0 Å². The fourth-order valence-electron chi connectivity index (χ4n) is 4.85. The molecule has 4 rings (SSSR count). The lowest BCUT2D eigenvalue weighted by Gasteiger charge is -2.33. The van der Waals surface area contributed by atoms with Crippen molar-refractivity contribution in [2.24, 2.45) is 0 Å². The van der Waals surface area contributed by atoms with Crippen molar-refractivity contribution in [1.29, 1.82) is 0 Å². The van der Waals surface area contributed by atoms with Gasteiger partial charge in [-0.1, -0.05) is 73.0 Å². The van der Waals surface area contributed by atoms with E-state index in [1.54, 1.807) is 37.3 Å². The fourth-order valence-corrected chi connectivity index (χ4v) is 6.45. The number of carbonyl (C=O) groups excluding carboxylic acids is 2. The van der Waals surface area contributed by atoms with Crippen LogP contribution in [0.2, 0.25) is 5.02 Å². The van der Waals surface area contributed by atoms with Gasteiger partial charge in [0, 0.05) is 17.6 Å². The number of rotatable bonds is 11. The highest BCUT2D eigenvalue weighted by Crippen LogP contribution is 2.35. The second-order valence-corrected chi connectivity index (χ2v) is 12.1. The maximum Gasteiger partial charge on any atom is 0.264 e. The van der Waals surface area contributed by atoms with Crippen LogP contribution in [0, 0.1) is 0 Å². The molecule has 0 bridgehead atoms. The molecule has 1 fully saturated rings. The number of carbonyl (C=O) groups is 2. The monoisotopic (exact) mass is 583 g/mol. The van der Waals surface area contributed by atoms with E-state index in [9.17, 15) is 18.0 Å². The highest BCUT2D eigenvalue weighted by Gasteiger charge is 2.34. The van der Waals surface area contributed by atoms with E-state index in [1.807, 2.05) is 30.3 Å². The lowest BCUT2D eigenvalue weighted by atomic mass is 10.1. The summed E-state index contributed by atoms with van der Waals surface area (Å²) in [6.07, 6.45) is 3.92. The van der Waals surface area contributed by atoms with Crippen molar-refractivity contribution in [2.75, 3.05) is 18.0 Å². The molecular weight excluding hydrogens is 550 g/mol. The van der Waals surface area contributed by atoms with E-state index in [0.717, 1.165) is 35.6 Å². The van der Waals surface area contributed by atoms with Crippen LogP contribution in [-0.2, 0) is 26.2 Å². The Hall–Kier alpha value is -3.56. The molecule has 1 saturated carbocycles. The van der Waals surface area contributed by atoms with Gasteiger partial charge in [-0.15, -0.1) is 0 Å². The molecule has 0 saturated heterocycles. The molecule has 8 nitrogen and oxygen atoms in total. The van der Waals surface area contributed by atoms with Gasteiger partial charge in [0.1, 0.15) is 18.3 Å². The van der Waals surface area contributed by atoms with Crippen molar-refractivity contribution in [1.82, 2.24) is 10.2 Å². The third kappa shape index (κ3) is 6.95. The Morgan fingerprint density at radius 3 is 2.25 bits per heavy atom. The maximum absolute atomic E-state index is 14.0. The van der Waals surface area contributed by atoms with Crippen LogP contribution in [0.4, 0.5) is 5.69 Å². The molecule has 1 N–H and O–H groups in total. The highest BCUT2D eigenvalue weighted by molar-refractivity contribution is 7.92. The van der Waals surface area contributed by atoms with Crippen LogP contribution in [-0.4, -0.2) is 50.9 Å². The van der Waals surface area contributed by atoms with Crippen LogP contribution in [0.25, 0.3) is 0 Å². The van der Waals surface area contributed by atoms with Crippen LogP contribution in [0.5, 0.6) is 5.75 Å². The molecule has 10 heteroatoms. The molecule has 0 unspecified atom stereocenters. The van der Waals surface area contributed by atoms with Gasteiger partial charge in [0.05, 0.1) is 17.7 Å². The first-order valence-electron chi connectivity index (χ1n) is 13.3. The average Bonchev–Trinajstić information content (AvgIpc) is 3.48. The number of anilines is 1. The lowest BCUT2D eigenvalue weighted by molar-refractivity contribution is -0.139. The predicted octanol–water partition coefficient (Wildman–Crippen LogP) is 5.02. The zero-order valence-electron chi connectivity index (χ0n) is 22.6. The summed E-state index contributed by atoms with van der Waals surface area (Å²) in [6, 6.07) is 21.0. The Balaban J connectivity index is 1.72.